The Labute approximate surface area is 200 Å². The van der Waals surface area contributed by atoms with Gasteiger partial charge in [-0.2, -0.15) is 0 Å². The summed E-state index contributed by atoms with van der Waals surface area (Å²) < 4.78 is 12.0. The third kappa shape index (κ3) is 3.22. The van der Waals surface area contributed by atoms with Crippen LogP contribution in [-0.4, -0.2) is 24.3 Å². The molecule has 0 spiro atoms. The van der Waals surface area contributed by atoms with Crippen LogP contribution in [0.3, 0.4) is 0 Å². The number of rotatable bonds is 7. The van der Waals surface area contributed by atoms with Crippen LogP contribution in [0.25, 0.3) is 0 Å². The maximum absolute atomic E-state index is 13.9. The predicted molar refractivity (Wildman–Crippen MR) is 124 cm³/mol. The molecule has 1 saturated carbocycles. The van der Waals surface area contributed by atoms with Crippen molar-refractivity contribution in [3.63, 3.8) is 0 Å². The Morgan fingerprint density at radius 2 is 1.88 bits per heavy atom. The first-order valence-corrected chi connectivity index (χ1v) is 11.9. The lowest BCUT2D eigenvalue weighted by Crippen LogP contribution is -2.41. The first kappa shape index (κ1) is 23.0. The lowest BCUT2D eigenvalue weighted by Gasteiger charge is -2.23. The molecule has 1 fully saturated rings. The molecule has 4 rings (SSSR count). The Morgan fingerprint density at radius 1 is 1.19 bits per heavy atom. The average Bonchev–Trinajstić information content (AvgIpc) is 3.41. The molecule has 0 saturated heterocycles. The molecule has 1 aliphatic heterocycles. The molecule has 3 atom stereocenters. The van der Waals surface area contributed by atoms with Crippen LogP contribution in [0.2, 0.25) is 5.02 Å². The zero-order chi connectivity index (χ0) is 23.3. The van der Waals surface area contributed by atoms with Gasteiger partial charge >= 0.3 is 11.9 Å². The van der Waals surface area contributed by atoms with Gasteiger partial charge in [-0.1, -0.05) is 48.3 Å². The third-order valence-electron chi connectivity index (χ3n) is 6.67. The Morgan fingerprint density at radius 3 is 2.50 bits per heavy atom. The van der Waals surface area contributed by atoms with Crippen molar-refractivity contribution in [1.82, 2.24) is 0 Å². The van der Waals surface area contributed by atoms with Crippen LogP contribution in [0.1, 0.15) is 55.5 Å². The van der Waals surface area contributed by atoms with E-state index < -0.39 is 28.7 Å². The van der Waals surface area contributed by atoms with E-state index in [0.717, 1.165) is 4.47 Å². The summed E-state index contributed by atoms with van der Waals surface area (Å²) in [5.74, 6) is -1.67. The number of Topliss-reactive ketones (excluding diaryl/α,β-unsaturated/α-hetero) is 1. The average molecular weight is 520 g/mol. The van der Waals surface area contributed by atoms with Crippen LogP contribution < -0.4 is 4.74 Å². The minimum absolute atomic E-state index is 0.179. The molecule has 0 aromatic heterocycles. The molecule has 2 aliphatic rings. The van der Waals surface area contributed by atoms with Crippen LogP contribution in [0.5, 0.6) is 5.75 Å². The van der Waals surface area contributed by atoms with Crippen molar-refractivity contribution < 1.29 is 23.9 Å². The smallest absolute Gasteiger partial charge is 0.330 e. The summed E-state index contributed by atoms with van der Waals surface area (Å²) in [7, 11) is 0. The highest BCUT2D eigenvalue weighted by Crippen LogP contribution is 2.80. The Hall–Kier alpha value is -2.18. The Balaban J connectivity index is 1.85. The summed E-state index contributed by atoms with van der Waals surface area (Å²) >= 11 is 9.46. The number of benzene rings is 2. The van der Waals surface area contributed by atoms with Gasteiger partial charge in [-0.05, 0) is 61.2 Å². The van der Waals surface area contributed by atoms with Crippen LogP contribution in [-0.2, 0) is 14.3 Å². The van der Waals surface area contributed by atoms with Crippen LogP contribution in [0, 0.1) is 16.7 Å². The van der Waals surface area contributed by atoms with Crippen molar-refractivity contribution in [3.8, 4) is 5.75 Å². The fourth-order valence-corrected chi connectivity index (χ4v) is 5.55. The minimum atomic E-state index is -1.71. The molecule has 0 amide bonds. The van der Waals surface area contributed by atoms with Gasteiger partial charge in [-0.3, -0.25) is 14.4 Å². The second-order valence-corrected chi connectivity index (χ2v) is 10.1. The molecule has 1 aliphatic carbocycles. The number of fused-ring (bicyclic) bond motifs is 3. The SMILES string of the molecule is CC[C@]1(C(=O)c2ccc(Cl)cc2)[C@@H]2c3cc(Br)ccc3OC(=O)[C@@]21C(=O)OCCC(C)C. The normalized spacial score (nSPS) is 25.6. The van der Waals surface area contributed by atoms with Gasteiger partial charge in [0.25, 0.3) is 0 Å². The highest BCUT2D eigenvalue weighted by molar-refractivity contribution is 9.10. The molecule has 0 N–H and O–H groups in total. The maximum atomic E-state index is 13.9. The number of hydrogen-bond acceptors (Lipinski definition) is 5. The van der Waals surface area contributed by atoms with E-state index in [1.807, 2.05) is 26.8 Å². The summed E-state index contributed by atoms with van der Waals surface area (Å²) in [6.07, 6.45) is 0.938. The summed E-state index contributed by atoms with van der Waals surface area (Å²) in [6, 6.07) is 11.7. The Bertz CT molecular complexity index is 1100. The molecule has 0 radical (unpaired) electrons. The molecule has 5 nitrogen and oxygen atoms in total. The van der Waals surface area contributed by atoms with E-state index in [2.05, 4.69) is 15.9 Å². The van der Waals surface area contributed by atoms with E-state index in [1.165, 1.54) is 0 Å². The largest absolute Gasteiger partial charge is 0.465 e. The number of halogens is 2. The summed E-state index contributed by atoms with van der Waals surface area (Å²) in [5.41, 5.74) is -1.95. The van der Waals surface area contributed by atoms with Gasteiger partial charge in [0.15, 0.2) is 11.2 Å². The van der Waals surface area contributed by atoms with E-state index in [4.69, 9.17) is 21.1 Å². The van der Waals surface area contributed by atoms with Gasteiger partial charge in [-0.15, -0.1) is 0 Å². The molecule has 168 valence electrons. The van der Waals surface area contributed by atoms with Gasteiger partial charge in [0.2, 0.25) is 0 Å². The van der Waals surface area contributed by atoms with E-state index in [-0.39, 0.29) is 18.8 Å². The summed E-state index contributed by atoms with van der Waals surface area (Å²) in [4.78, 5) is 40.8. The molecule has 32 heavy (non-hydrogen) atoms. The van der Waals surface area contributed by atoms with Gasteiger partial charge < -0.3 is 9.47 Å². The molecule has 2 aromatic carbocycles. The number of ketones is 1. The lowest BCUT2D eigenvalue weighted by atomic mass is 9.83. The van der Waals surface area contributed by atoms with Crippen molar-refractivity contribution in [2.24, 2.45) is 16.7 Å². The second-order valence-electron chi connectivity index (χ2n) is 8.79. The van der Waals surface area contributed by atoms with E-state index in [9.17, 15) is 14.4 Å². The molecule has 0 unspecified atom stereocenters. The third-order valence-corrected chi connectivity index (χ3v) is 7.42. The highest BCUT2D eigenvalue weighted by Gasteiger charge is 2.90. The monoisotopic (exact) mass is 518 g/mol. The van der Waals surface area contributed by atoms with E-state index in [0.29, 0.717) is 34.2 Å². The molecule has 7 heteroatoms. The quantitative estimate of drug-likeness (QED) is 0.195. The minimum Gasteiger partial charge on any atom is -0.465 e. The zero-order valence-corrected chi connectivity index (χ0v) is 20.5. The van der Waals surface area contributed by atoms with E-state index in [1.54, 1.807) is 36.4 Å². The van der Waals surface area contributed by atoms with Crippen LogP contribution in [0.15, 0.2) is 46.9 Å². The lowest BCUT2D eigenvalue weighted by molar-refractivity contribution is -0.162. The van der Waals surface area contributed by atoms with Crippen molar-refractivity contribution in [3.05, 3.63) is 63.1 Å². The van der Waals surface area contributed by atoms with Gasteiger partial charge in [0.1, 0.15) is 5.75 Å². The summed E-state index contributed by atoms with van der Waals surface area (Å²) in [6.45, 7) is 6.04. The van der Waals surface area contributed by atoms with Gasteiger partial charge in [-0.25, -0.2) is 0 Å². The molecule has 2 aromatic rings. The van der Waals surface area contributed by atoms with Crippen molar-refractivity contribution in [2.45, 2.75) is 39.5 Å². The Kier molecular flexibility index (Phi) is 5.97. The van der Waals surface area contributed by atoms with Crippen molar-refractivity contribution in [2.75, 3.05) is 6.61 Å². The molecule has 1 heterocycles. The topological polar surface area (TPSA) is 69.7 Å². The fraction of sp³-hybridized carbons (Fsp3) is 0.400. The van der Waals surface area contributed by atoms with E-state index >= 15 is 0 Å². The highest BCUT2D eigenvalue weighted by atomic mass is 79.9. The van der Waals surface area contributed by atoms with Gasteiger partial charge in [0.05, 0.1) is 12.0 Å². The molecular weight excluding hydrogens is 496 g/mol. The fourth-order valence-electron chi connectivity index (χ4n) is 5.05. The standard InChI is InChI=1S/C25H24BrClO5/c1-4-24(21(28)15-5-8-17(27)9-6-15)20-18-13-16(26)7-10-19(18)32-23(30)25(20,24)22(29)31-12-11-14(2)3/h5-10,13-14,20H,4,11-12H2,1-3H3/t20-,24+,25-/m0/s1. The number of esters is 2. The maximum Gasteiger partial charge on any atom is 0.330 e. The number of carbonyl (C=O) groups excluding carboxylic acids is 3. The number of hydrogen-bond donors (Lipinski definition) is 0. The van der Waals surface area contributed by atoms with Crippen LogP contribution in [0.4, 0.5) is 0 Å². The molecule has 0 bridgehead atoms. The predicted octanol–water partition coefficient (Wildman–Crippen LogP) is 5.97. The van der Waals surface area contributed by atoms with Crippen molar-refractivity contribution in [1.29, 1.82) is 0 Å². The molecular formula is C25H24BrClO5. The number of carbonyl (C=O) groups is 3. The van der Waals surface area contributed by atoms with Crippen LogP contribution >= 0.6 is 27.5 Å². The second kappa shape index (κ2) is 8.31. The number of ether oxygens (including phenoxy) is 2. The van der Waals surface area contributed by atoms with Crippen molar-refractivity contribution >= 4 is 45.3 Å². The van der Waals surface area contributed by atoms with Gasteiger partial charge in [0, 0.05) is 26.5 Å². The first-order chi connectivity index (χ1) is 15.2. The summed E-state index contributed by atoms with van der Waals surface area (Å²) in [5, 5.41) is 0.497. The zero-order valence-electron chi connectivity index (χ0n) is 18.1. The first-order valence-electron chi connectivity index (χ1n) is 10.7.